The summed E-state index contributed by atoms with van der Waals surface area (Å²) >= 11 is 0. The number of aliphatic hydroxyl groups excluding tert-OH is 6. The highest BCUT2D eigenvalue weighted by atomic mass is 16.4. The summed E-state index contributed by atoms with van der Waals surface area (Å²) in [5, 5.41) is 56.8. The number of aryl methyl sites for hydroxylation is 1. The van der Waals surface area contributed by atoms with E-state index < -0.39 is 37.1 Å². The first-order chi connectivity index (χ1) is 8.90. The maximum absolute atomic E-state index is 9.98. The number of hydrogen-bond donors (Lipinski definition) is 6. The van der Waals surface area contributed by atoms with Crippen molar-refractivity contribution in [3.63, 3.8) is 0 Å². The molecule has 1 aromatic rings. The molecular weight excluding hydrogens is 252 g/mol. The molecule has 108 valence electrons. The molecule has 0 saturated carbocycles. The second-order valence-corrected chi connectivity index (χ2v) is 4.52. The van der Waals surface area contributed by atoms with E-state index in [1.165, 1.54) is 0 Å². The lowest BCUT2D eigenvalue weighted by Crippen LogP contribution is -2.47. The smallest absolute Gasteiger partial charge is 0.113 e. The molecule has 0 amide bonds. The van der Waals surface area contributed by atoms with Crippen molar-refractivity contribution in [2.45, 2.75) is 37.4 Å². The minimum atomic E-state index is -1.78. The van der Waals surface area contributed by atoms with Crippen LogP contribution < -0.4 is 0 Å². The lowest BCUT2D eigenvalue weighted by Gasteiger charge is -2.29. The van der Waals surface area contributed by atoms with Crippen molar-refractivity contribution in [1.82, 2.24) is 0 Å². The van der Waals surface area contributed by atoms with Crippen molar-refractivity contribution in [2.24, 2.45) is 0 Å². The number of aliphatic hydroxyl groups is 6. The van der Waals surface area contributed by atoms with Gasteiger partial charge in [0.05, 0.1) is 6.61 Å². The van der Waals surface area contributed by atoms with E-state index in [1.54, 1.807) is 31.2 Å². The van der Waals surface area contributed by atoms with Gasteiger partial charge in [0.15, 0.2) is 0 Å². The minimum Gasteiger partial charge on any atom is -0.394 e. The van der Waals surface area contributed by atoms with Crippen molar-refractivity contribution >= 4 is 0 Å². The highest BCUT2D eigenvalue weighted by Crippen LogP contribution is 2.23. The molecule has 19 heavy (non-hydrogen) atoms. The van der Waals surface area contributed by atoms with Gasteiger partial charge >= 0.3 is 0 Å². The SMILES string of the molecule is Cc1ccccc1C(O)[C@H](O)[C@@H](O)[C@H](O)[C@H](O)CO. The van der Waals surface area contributed by atoms with Crippen LogP contribution in [0.4, 0.5) is 0 Å². The molecule has 0 aliphatic heterocycles. The number of benzene rings is 1. The lowest BCUT2D eigenvalue weighted by atomic mass is 9.93. The quantitative estimate of drug-likeness (QED) is 0.373. The van der Waals surface area contributed by atoms with Crippen molar-refractivity contribution in [2.75, 3.05) is 6.61 Å². The Morgan fingerprint density at radius 3 is 2.00 bits per heavy atom. The molecule has 6 N–H and O–H groups in total. The van der Waals surface area contributed by atoms with Gasteiger partial charge in [0, 0.05) is 0 Å². The predicted octanol–water partition coefficient (Wildman–Crippen LogP) is -1.54. The third-order valence-corrected chi connectivity index (χ3v) is 3.11. The standard InChI is InChI=1S/C13H20O6/c1-7-4-2-3-5-8(7)10(16)12(18)13(19)11(17)9(15)6-14/h2-5,9-19H,6H2,1H3/t9-,10?,11-,12+,13+/m1/s1. The van der Waals surface area contributed by atoms with Crippen LogP contribution in [-0.4, -0.2) is 61.7 Å². The maximum Gasteiger partial charge on any atom is 0.113 e. The van der Waals surface area contributed by atoms with E-state index >= 15 is 0 Å². The van der Waals surface area contributed by atoms with Gasteiger partial charge in [0.25, 0.3) is 0 Å². The zero-order chi connectivity index (χ0) is 14.6. The summed E-state index contributed by atoms with van der Waals surface area (Å²) in [7, 11) is 0. The molecule has 0 aliphatic rings. The van der Waals surface area contributed by atoms with E-state index in [0.717, 1.165) is 5.56 Å². The van der Waals surface area contributed by atoms with Gasteiger partial charge in [-0.2, -0.15) is 0 Å². The van der Waals surface area contributed by atoms with Crippen molar-refractivity contribution in [3.8, 4) is 0 Å². The van der Waals surface area contributed by atoms with Gasteiger partial charge in [-0.1, -0.05) is 24.3 Å². The Kier molecular flexibility index (Phi) is 5.86. The van der Waals surface area contributed by atoms with Crippen LogP contribution in [0.1, 0.15) is 17.2 Å². The molecule has 0 spiro atoms. The first kappa shape index (κ1) is 16.0. The fraction of sp³-hybridized carbons (Fsp3) is 0.538. The Hall–Kier alpha value is -1.02. The summed E-state index contributed by atoms with van der Waals surface area (Å²) in [6.07, 6.45) is -8.21. The molecule has 0 bridgehead atoms. The van der Waals surface area contributed by atoms with Gasteiger partial charge in [-0.15, -0.1) is 0 Å². The minimum absolute atomic E-state index is 0.416. The molecule has 0 heterocycles. The van der Waals surface area contributed by atoms with E-state index in [1.807, 2.05) is 0 Å². The molecule has 6 heteroatoms. The van der Waals surface area contributed by atoms with Crippen LogP contribution in [0.15, 0.2) is 24.3 Å². The molecule has 0 radical (unpaired) electrons. The van der Waals surface area contributed by atoms with E-state index in [2.05, 4.69) is 0 Å². The number of hydrogen-bond acceptors (Lipinski definition) is 6. The molecule has 1 rings (SSSR count). The fourth-order valence-electron chi connectivity index (χ4n) is 1.83. The van der Waals surface area contributed by atoms with E-state index in [4.69, 9.17) is 5.11 Å². The van der Waals surface area contributed by atoms with Crippen LogP contribution >= 0.6 is 0 Å². The Morgan fingerprint density at radius 2 is 1.47 bits per heavy atom. The molecule has 6 nitrogen and oxygen atoms in total. The maximum atomic E-state index is 9.98. The van der Waals surface area contributed by atoms with Crippen molar-refractivity contribution < 1.29 is 30.6 Å². The Labute approximate surface area is 111 Å². The average molecular weight is 272 g/mol. The summed E-state index contributed by atoms with van der Waals surface area (Å²) in [5.74, 6) is 0. The summed E-state index contributed by atoms with van der Waals surface area (Å²) in [4.78, 5) is 0. The van der Waals surface area contributed by atoms with Crippen LogP contribution in [0.5, 0.6) is 0 Å². The third-order valence-electron chi connectivity index (χ3n) is 3.11. The second-order valence-electron chi connectivity index (χ2n) is 4.52. The average Bonchev–Trinajstić information content (AvgIpc) is 2.43. The van der Waals surface area contributed by atoms with Gasteiger partial charge < -0.3 is 30.6 Å². The zero-order valence-electron chi connectivity index (χ0n) is 10.6. The second kappa shape index (κ2) is 6.95. The molecular formula is C13H20O6. The largest absolute Gasteiger partial charge is 0.394 e. The highest BCUT2D eigenvalue weighted by Gasteiger charge is 2.34. The molecule has 0 saturated heterocycles. The Balaban J connectivity index is 2.82. The number of rotatable bonds is 6. The summed E-state index contributed by atoms with van der Waals surface area (Å²) in [6.45, 7) is 0.974. The van der Waals surface area contributed by atoms with Crippen LogP contribution in [0.25, 0.3) is 0 Å². The molecule has 0 aromatic heterocycles. The normalized spacial score (nSPS) is 19.5. The zero-order valence-corrected chi connectivity index (χ0v) is 10.6. The Morgan fingerprint density at radius 1 is 0.895 bits per heavy atom. The molecule has 5 atom stereocenters. The summed E-state index contributed by atoms with van der Waals surface area (Å²) in [6, 6.07) is 6.75. The highest BCUT2D eigenvalue weighted by molar-refractivity contribution is 5.28. The molecule has 0 aliphatic carbocycles. The van der Waals surface area contributed by atoms with Crippen LogP contribution in [0, 0.1) is 6.92 Å². The molecule has 0 fully saturated rings. The monoisotopic (exact) mass is 272 g/mol. The molecule has 1 unspecified atom stereocenters. The summed E-state index contributed by atoms with van der Waals surface area (Å²) < 4.78 is 0. The summed E-state index contributed by atoms with van der Waals surface area (Å²) in [5.41, 5.74) is 1.14. The first-order valence-corrected chi connectivity index (χ1v) is 5.96. The van der Waals surface area contributed by atoms with Crippen molar-refractivity contribution in [3.05, 3.63) is 35.4 Å². The van der Waals surface area contributed by atoms with Crippen LogP contribution in [0.3, 0.4) is 0 Å². The van der Waals surface area contributed by atoms with Crippen LogP contribution in [-0.2, 0) is 0 Å². The van der Waals surface area contributed by atoms with Crippen LogP contribution in [0.2, 0.25) is 0 Å². The molecule has 1 aromatic carbocycles. The first-order valence-electron chi connectivity index (χ1n) is 5.96. The van der Waals surface area contributed by atoms with E-state index in [9.17, 15) is 25.5 Å². The fourth-order valence-corrected chi connectivity index (χ4v) is 1.83. The van der Waals surface area contributed by atoms with Gasteiger partial charge in [-0.25, -0.2) is 0 Å². The van der Waals surface area contributed by atoms with Gasteiger partial charge in [0.1, 0.15) is 30.5 Å². The topological polar surface area (TPSA) is 121 Å². The predicted molar refractivity (Wildman–Crippen MR) is 67.3 cm³/mol. The van der Waals surface area contributed by atoms with E-state index in [-0.39, 0.29) is 0 Å². The van der Waals surface area contributed by atoms with Gasteiger partial charge in [0.2, 0.25) is 0 Å². The van der Waals surface area contributed by atoms with Crippen molar-refractivity contribution in [1.29, 1.82) is 0 Å². The Bertz CT molecular complexity index is 396. The van der Waals surface area contributed by atoms with Gasteiger partial charge in [-0.3, -0.25) is 0 Å². The van der Waals surface area contributed by atoms with Gasteiger partial charge in [-0.05, 0) is 18.1 Å². The third kappa shape index (κ3) is 3.73. The lowest BCUT2D eigenvalue weighted by molar-refractivity contribution is -0.141. The van der Waals surface area contributed by atoms with E-state index in [0.29, 0.717) is 5.56 Å².